The average molecular weight is 755 g/mol. The van der Waals surface area contributed by atoms with E-state index in [0.717, 1.165) is 44.9 Å². The number of aliphatic hydroxyl groups is 3. The molecule has 4 N–H and O–H groups in total. The minimum atomic E-state index is -4.66. The highest BCUT2D eigenvalue weighted by Gasteiger charge is 2.27. The molecule has 0 aromatic heterocycles. The molecule has 11 nitrogen and oxygen atoms in total. The second-order valence-electron chi connectivity index (χ2n) is 12.9. The van der Waals surface area contributed by atoms with Gasteiger partial charge in [-0.25, -0.2) is 4.57 Å². The zero-order valence-electron chi connectivity index (χ0n) is 31.8. The number of hydrogen-bond donors (Lipinski definition) is 4. The van der Waals surface area contributed by atoms with Crippen molar-refractivity contribution >= 4 is 19.8 Å². The van der Waals surface area contributed by atoms with Crippen LogP contribution in [0.15, 0.2) is 72.9 Å². The molecule has 0 amide bonds. The van der Waals surface area contributed by atoms with Crippen LogP contribution in [0, 0.1) is 5.92 Å². The molecule has 0 spiro atoms. The van der Waals surface area contributed by atoms with Crippen molar-refractivity contribution < 1.29 is 52.9 Å². The highest BCUT2D eigenvalue weighted by atomic mass is 31.2. The maximum Gasteiger partial charge on any atom is 0.472 e. The Bertz CT molecular complexity index is 1130. The number of aliphatic hydroxyl groups excluding tert-OH is 3. The van der Waals surface area contributed by atoms with E-state index in [1.165, 1.54) is 19.3 Å². The normalized spacial score (nSPS) is 15.5. The van der Waals surface area contributed by atoms with Crippen LogP contribution in [0.4, 0.5) is 0 Å². The molecule has 0 aromatic rings. The fourth-order valence-electron chi connectivity index (χ4n) is 4.46. The van der Waals surface area contributed by atoms with Gasteiger partial charge in [0.1, 0.15) is 12.7 Å². The summed E-state index contributed by atoms with van der Waals surface area (Å²) in [7, 11) is -4.66. The Morgan fingerprint density at radius 2 is 1.33 bits per heavy atom. The summed E-state index contributed by atoms with van der Waals surface area (Å²) in [5.74, 6) is -0.416. The van der Waals surface area contributed by atoms with Crippen LogP contribution in [0.3, 0.4) is 0 Å². The Hall–Kier alpha value is -2.63. The van der Waals surface area contributed by atoms with Crippen LogP contribution in [0.5, 0.6) is 0 Å². The van der Waals surface area contributed by atoms with E-state index in [2.05, 4.69) is 61.8 Å². The topological polar surface area (TPSA) is 169 Å². The summed E-state index contributed by atoms with van der Waals surface area (Å²) in [4.78, 5) is 34.7. The molecule has 0 rings (SSSR count). The van der Waals surface area contributed by atoms with Gasteiger partial charge in [-0.1, -0.05) is 132 Å². The molecule has 0 bridgehead atoms. The van der Waals surface area contributed by atoms with Crippen molar-refractivity contribution in [2.45, 2.75) is 135 Å². The van der Waals surface area contributed by atoms with Crippen molar-refractivity contribution in [1.29, 1.82) is 0 Å². The first-order chi connectivity index (χ1) is 25.0. The van der Waals surface area contributed by atoms with Gasteiger partial charge in [-0.3, -0.25) is 18.6 Å². The zero-order chi connectivity index (χ0) is 38.7. The van der Waals surface area contributed by atoms with Crippen LogP contribution in [0.25, 0.3) is 0 Å². The summed E-state index contributed by atoms with van der Waals surface area (Å²) in [6, 6.07) is 0. The van der Waals surface area contributed by atoms with Gasteiger partial charge >= 0.3 is 19.8 Å². The number of rotatable bonds is 33. The summed E-state index contributed by atoms with van der Waals surface area (Å²) in [6.45, 7) is 4.23. The SMILES string of the molecule is CC/C=C\C/C=C\C/C=C\C/C=C\C=C/C(O)C/C=C\CCC(=O)O[C@H](COC(=O)CCCCCCCCC(C)C)COP(=O)(O)OC[C@@H](O)CO. The van der Waals surface area contributed by atoms with Gasteiger partial charge in [-0.05, 0) is 50.9 Å². The number of esters is 2. The van der Waals surface area contributed by atoms with E-state index in [0.29, 0.717) is 25.2 Å². The lowest BCUT2D eigenvalue weighted by molar-refractivity contribution is -0.161. The lowest BCUT2D eigenvalue weighted by Crippen LogP contribution is -2.29. The molecular formula is C40H67O11P. The highest BCUT2D eigenvalue weighted by Crippen LogP contribution is 2.43. The van der Waals surface area contributed by atoms with Crippen LogP contribution in [-0.2, 0) is 32.7 Å². The molecular weight excluding hydrogens is 687 g/mol. The van der Waals surface area contributed by atoms with E-state index < -0.39 is 57.9 Å². The van der Waals surface area contributed by atoms with Gasteiger partial charge in [-0.15, -0.1) is 0 Å². The van der Waals surface area contributed by atoms with E-state index in [1.807, 2.05) is 12.2 Å². The number of carbonyl (C=O) groups is 2. The van der Waals surface area contributed by atoms with Crippen molar-refractivity contribution in [2.75, 3.05) is 26.4 Å². The second-order valence-corrected chi connectivity index (χ2v) is 14.4. The summed E-state index contributed by atoms with van der Waals surface area (Å²) in [5, 5.41) is 28.4. The average Bonchev–Trinajstić information content (AvgIpc) is 3.11. The lowest BCUT2D eigenvalue weighted by atomic mass is 10.0. The van der Waals surface area contributed by atoms with Crippen LogP contribution < -0.4 is 0 Å². The van der Waals surface area contributed by atoms with Crippen molar-refractivity contribution in [1.82, 2.24) is 0 Å². The van der Waals surface area contributed by atoms with Crippen LogP contribution in [-0.4, -0.2) is 76.9 Å². The minimum absolute atomic E-state index is 0.0258. The molecule has 0 aliphatic carbocycles. The van der Waals surface area contributed by atoms with Gasteiger partial charge in [0, 0.05) is 12.8 Å². The molecule has 2 unspecified atom stereocenters. The van der Waals surface area contributed by atoms with Gasteiger partial charge in [0.2, 0.25) is 0 Å². The summed E-state index contributed by atoms with van der Waals surface area (Å²) in [6.07, 6.45) is 32.3. The standard InChI is InChI=1S/C40H67O11P/c1-4-5-6-7-8-9-10-11-12-13-14-18-22-27-36(42)28-23-20-25-30-40(45)51-38(34-50-52(46,47)49-32-37(43)31-41)33-48-39(44)29-24-19-16-15-17-21-26-35(2)3/h5-6,8-9,11-12,14,18,20,22-23,27,35-38,41-43H,4,7,10,13,15-17,19,21,24-26,28-34H2,1-3H3,(H,46,47)/b6-5-,9-8-,12-11-,18-14-,23-20-,27-22-/t36?,37-,38+/m0/s1. The van der Waals surface area contributed by atoms with Crippen molar-refractivity contribution in [3.8, 4) is 0 Å². The van der Waals surface area contributed by atoms with Crippen molar-refractivity contribution in [2.24, 2.45) is 5.92 Å². The third-order valence-corrected chi connectivity index (χ3v) is 8.35. The number of allylic oxidation sites excluding steroid dienone is 10. The number of unbranched alkanes of at least 4 members (excludes halogenated alkanes) is 5. The summed E-state index contributed by atoms with van der Waals surface area (Å²) in [5.41, 5.74) is 0. The number of phosphoric ester groups is 1. The van der Waals surface area contributed by atoms with Gasteiger partial charge in [-0.2, -0.15) is 0 Å². The molecule has 0 saturated carbocycles. The Morgan fingerprint density at radius 1 is 0.712 bits per heavy atom. The van der Waals surface area contributed by atoms with E-state index in [9.17, 15) is 29.3 Å². The number of carbonyl (C=O) groups excluding carboxylic acids is 2. The Balaban J connectivity index is 4.62. The van der Waals surface area contributed by atoms with Gasteiger partial charge < -0.3 is 29.7 Å². The largest absolute Gasteiger partial charge is 0.472 e. The van der Waals surface area contributed by atoms with Gasteiger partial charge in [0.25, 0.3) is 0 Å². The molecule has 0 aliphatic heterocycles. The fourth-order valence-corrected chi connectivity index (χ4v) is 5.25. The molecule has 4 atom stereocenters. The lowest BCUT2D eigenvalue weighted by Gasteiger charge is -2.20. The van der Waals surface area contributed by atoms with Crippen LogP contribution >= 0.6 is 7.82 Å². The van der Waals surface area contributed by atoms with Crippen molar-refractivity contribution in [3.05, 3.63) is 72.9 Å². The molecule has 0 radical (unpaired) electrons. The van der Waals surface area contributed by atoms with E-state index in [1.54, 1.807) is 24.3 Å². The Kier molecular flexibility index (Phi) is 32.4. The molecule has 298 valence electrons. The molecule has 52 heavy (non-hydrogen) atoms. The molecule has 0 fully saturated rings. The third-order valence-electron chi connectivity index (χ3n) is 7.40. The predicted octanol–water partition coefficient (Wildman–Crippen LogP) is 8.15. The van der Waals surface area contributed by atoms with E-state index in [4.69, 9.17) is 19.1 Å². The number of ether oxygens (including phenoxy) is 2. The third kappa shape index (κ3) is 34.5. The Morgan fingerprint density at radius 3 is 1.98 bits per heavy atom. The summed E-state index contributed by atoms with van der Waals surface area (Å²) < 4.78 is 32.4. The van der Waals surface area contributed by atoms with Gasteiger partial charge in [0.15, 0.2) is 6.10 Å². The molecule has 0 aliphatic rings. The maximum absolute atomic E-state index is 12.5. The molecule has 0 saturated heterocycles. The molecule has 0 aromatic carbocycles. The van der Waals surface area contributed by atoms with E-state index >= 15 is 0 Å². The van der Waals surface area contributed by atoms with Crippen LogP contribution in [0.2, 0.25) is 0 Å². The first-order valence-electron chi connectivity index (χ1n) is 18.9. The maximum atomic E-state index is 12.5. The first kappa shape index (κ1) is 49.4. The van der Waals surface area contributed by atoms with E-state index in [-0.39, 0.29) is 19.4 Å². The predicted molar refractivity (Wildman–Crippen MR) is 206 cm³/mol. The van der Waals surface area contributed by atoms with Crippen LogP contribution in [0.1, 0.15) is 117 Å². The number of hydrogen-bond acceptors (Lipinski definition) is 10. The monoisotopic (exact) mass is 754 g/mol. The first-order valence-corrected chi connectivity index (χ1v) is 20.4. The second kappa shape index (κ2) is 34.2. The molecule has 12 heteroatoms. The Labute approximate surface area is 312 Å². The molecule has 0 heterocycles. The summed E-state index contributed by atoms with van der Waals surface area (Å²) >= 11 is 0. The van der Waals surface area contributed by atoms with Gasteiger partial charge in [0.05, 0.1) is 25.9 Å². The highest BCUT2D eigenvalue weighted by molar-refractivity contribution is 7.47. The smallest absolute Gasteiger partial charge is 0.462 e. The number of phosphoric acid groups is 1. The van der Waals surface area contributed by atoms with Crippen molar-refractivity contribution in [3.63, 3.8) is 0 Å². The minimum Gasteiger partial charge on any atom is -0.462 e. The fraction of sp³-hybridized carbons (Fsp3) is 0.650. The zero-order valence-corrected chi connectivity index (χ0v) is 32.7. The quantitative estimate of drug-likeness (QED) is 0.0168.